The van der Waals surface area contributed by atoms with E-state index in [1.54, 1.807) is 33.4 Å². The number of fused-ring (bicyclic) bond motifs is 2. The zero-order valence-electron chi connectivity index (χ0n) is 18.6. The van der Waals surface area contributed by atoms with Crippen molar-refractivity contribution in [2.45, 2.75) is 59.9 Å². The Bertz CT molecular complexity index is 847. The van der Waals surface area contributed by atoms with Crippen molar-refractivity contribution in [1.29, 1.82) is 0 Å². The van der Waals surface area contributed by atoms with E-state index in [2.05, 4.69) is 87.6 Å². The van der Waals surface area contributed by atoms with Gasteiger partial charge in [-0.1, -0.05) is 0 Å². The molecule has 0 spiro atoms. The number of rotatable bonds is 7. The van der Waals surface area contributed by atoms with Crippen LogP contribution in [0.4, 0.5) is 0 Å². The second-order valence-corrected chi connectivity index (χ2v) is 29.0. The van der Waals surface area contributed by atoms with Crippen LogP contribution >= 0.6 is 0 Å². The van der Waals surface area contributed by atoms with Gasteiger partial charge in [-0.15, -0.1) is 0 Å². The molecule has 0 N–H and O–H groups in total. The van der Waals surface area contributed by atoms with Crippen LogP contribution in [0, 0.1) is 0 Å². The fourth-order valence-corrected chi connectivity index (χ4v) is 26.5. The summed E-state index contributed by atoms with van der Waals surface area (Å²) in [7, 11) is 0. The van der Waals surface area contributed by atoms with E-state index in [9.17, 15) is 0 Å². The summed E-state index contributed by atoms with van der Waals surface area (Å²) < 4.78 is 1.56. The van der Waals surface area contributed by atoms with E-state index in [4.69, 9.17) is 0 Å². The summed E-state index contributed by atoms with van der Waals surface area (Å²) in [6.07, 6.45) is 10.5. The summed E-state index contributed by atoms with van der Waals surface area (Å²) in [5.41, 5.74) is 9.78. The van der Waals surface area contributed by atoms with Gasteiger partial charge in [-0.3, -0.25) is 0 Å². The van der Waals surface area contributed by atoms with E-state index < -0.39 is 26.8 Å². The van der Waals surface area contributed by atoms with Crippen molar-refractivity contribution >= 4 is 17.1 Å². The maximum atomic E-state index is 2.74. The molecule has 4 rings (SSSR count). The fraction of sp³-hybridized carbons (Fsp3) is 0.385. The zero-order chi connectivity index (χ0) is 19.7. The number of hydrogen-bond donors (Lipinski definition) is 0. The van der Waals surface area contributed by atoms with Gasteiger partial charge >= 0.3 is 181 Å². The number of benzene rings is 2. The van der Waals surface area contributed by atoms with Crippen LogP contribution in [-0.4, -0.2) is 5.92 Å². The Morgan fingerprint density at radius 2 is 1.10 bits per heavy atom. The largest absolute Gasteiger partial charge is 1.00 e. The normalized spacial score (nSPS) is 18.7. The molecule has 30 heavy (non-hydrogen) atoms. The molecule has 2 aromatic rings. The van der Waals surface area contributed by atoms with Crippen molar-refractivity contribution in [1.82, 2.24) is 0 Å². The van der Waals surface area contributed by atoms with Crippen LogP contribution in [0.3, 0.4) is 0 Å². The molecule has 0 amide bonds. The molecule has 0 bridgehead atoms. The quantitative estimate of drug-likeness (QED) is 0.472. The summed E-state index contributed by atoms with van der Waals surface area (Å²) in [5.74, 6) is -0.696. The van der Waals surface area contributed by atoms with Gasteiger partial charge in [0.1, 0.15) is 0 Å². The van der Waals surface area contributed by atoms with Gasteiger partial charge in [-0.05, 0) is 0 Å². The van der Waals surface area contributed by atoms with Crippen LogP contribution in [0.25, 0.3) is 11.1 Å². The van der Waals surface area contributed by atoms with Crippen molar-refractivity contribution in [3.05, 3.63) is 82.9 Å². The first-order valence-corrected chi connectivity index (χ1v) is 21.1. The summed E-state index contributed by atoms with van der Waals surface area (Å²) in [5, 5.41) is 0. The molecule has 0 aliphatic heterocycles. The summed E-state index contributed by atoms with van der Waals surface area (Å²) in [6.45, 7) is 9.94. The third kappa shape index (κ3) is 4.83. The smallest absolute Gasteiger partial charge is 1.00 e. The molecule has 159 valence electrons. The van der Waals surface area contributed by atoms with Gasteiger partial charge < -0.3 is 24.8 Å². The van der Waals surface area contributed by atoms with E-state index in [-0.39, 0.29) is 24.8 Å². The minimum atomic E-state index is -1.76. The van der Waals surface area contributed by atoms with Crippen molar-refractivity contribution < 1.29 is 45.7 Å². The second kappa shape index (κ2) is 11.5. The van der Waals surface area contributed by atoms with Gasteiger partial charge in [-0.2, -0.15) is 0 Å². The Morgan fingerprint density at radius 1 is 0.700 bits per heavy atom. The molecule has 0 aromatic heterocycles. The van der Waals surface area contributed by atoms with E-state index >= 15 is 0 Å². The standard InChI is InChI=1S/2C12H13.C2H7Si.2ClH.Zr/c2*1-2-5-10-8-9-11-6-3-4-7-12(10)11;1-3-2;;;/h2*3-4,6-9H,2,5H2,1H3;3H,1-2H3;2*1H;/q;;;;;+2/p-2. The van der Waals surface area contributed by atoms with Gasteiger partial charge in [-0.25, -0.2) is 0 Å². The summed E-state index contributed by atoms with van der Waals surface area (Å²) >= 11 is -1.76. The first kappa shape index (κ1) is 25.9. The predicted octanol–water partition coefficient (Wildman–Crippen LogP) is 1.47. The Balaban J connectivity index is 0.00000160. The van der Waals surface area contributed by atoms with Crippen molar-refractivity contribution in [2.75, 3.05) is 0 Å². The number of hydrogen-bond acceptors (Lipinski definition) is 0. The monoisotopic (exact) mass is 533 g/mol. The van der Waals surface area contributed by atoms with Gasteiger partial charge in [0.25, 0.3) is 0 Å². The van der Waals surface area contributed by atoms with Gasteiger partial charge in [0, 0.05) is 0 Å². The molecule has 0 saturated carbocycles. The SMILES string of the molecule is CCCC1=C[CH]([Zr+2]([CH]2C=C(CCC)c3ccccc32)[SiH](C)C)c2ccccc21.[Cl-].[Cl-]. The van der Waals surface area contributed by atoms with E-state index in [0.717, 1.165) is 7.25 Å². The van der Waals surface area contributed by atoms with Crippen molar-refractivity contribution in [2.24, 2.45) is 0 Å². The predicted molar refractivity (Wildman–Crippen MR) is 123 cm³/mol. The minimum absolute atomic E-state index is 0. The van der Waals surface area contributed by atoms with Crippen LogP contribution in [0.5, 0.6) is 0 Å². The average molecular weight is 536 g/mol. The summed E-state index contributed by atoms with van der Waals surface area (Å²) in [4.78, 5) is 0. The molecule has 2 aromatic carbocycles. The van der Waals surface area contributed by atoms with Gasteiger partial charge in [0.15, 0.2) is 0 Å². The zero-order valence-corrected chi connectivity index (χ0v) is 23.7. The minimum Gasteiger partial charge on any atom is -1.00 e. The van der Waals surface area contributed by atoms with Gasteiger partial charge in [0.05, 0.1) is 0 Å². The molecule has 0 nitrogen and oxygen atoms in total. The molecular formula is C26H33Cl2SiZr. The molecule has 2 unspecified atom stereocenters. The van der Waals surface area contributed by atoms with Crippen LogP contribution in [0.15, 0.2) is 60.7 Å². The maximum Gasteiger partial charge on any atom is -1.00 e. The molecule has 0 heterocycles. The molecular weight excluding hydrogens is 503 g/mol. The Morgan fingerprint density at radius 3 is 1.47 bits per heavy atom. The van der Waals surface area contributed by atoms with E-state index in [1.165, 1.54) is 25.7 Å². The Labute approximate surface area is 204 Å². The first-order valence-electron chi connectivity index (χ1n) is 11.1. The Kier molecular flexibility index (Phi) is 9.88. The summed E-state index contributed by atoms with van der Waals surface area (Å²) in [6, 6.07) is 18.7. The van der Waals surface area contributed by atoms with Crippen LogP contribution in [0.1, 0.15) is 69.0 Å². The van der Waals surface area contributed by atoms with Crippen LogP contribution in [-0.2, 0) is 20.9 Å². The van der Waals surface area contributed by atoms with Gasteiger partial charge in [0.2, 0.25) is 0 Å². The molecule has 2 atom stereocenters. The maximum absolute atomic E-state index is 2.74. The molecule has 4 heteroatoms. The number of allylic oxidation sites excluding steroid dienone is 4. The Hall–Kier alpha value is -0.400. The fourth-order valence-electron chi connectivity index (χ4n) is 5.32. The van der Waals surface area contributed by atoms with Crippen LogP contribution in [0.2, 0.25) is 13.1 Å². The average Bonchev–Trinajstić information content (AvgIpc) is 3.23. The molecule has 0 fully saturated rings. The van der Waals surface area contributed by atoms with E-state index in [1.807, 2.05) is 0 Å². The third-order valence-electron chi connectivity index (χ3n) is 6.44. The molecule has 2 aliphatic rings. The van der Waals surface area contributed by atoms with Crippen molar-refractivity contribution in [3.8, 4) is 0 Å². The third-order valence-corrected chi connectivity index (χ3v) is 27.7. The molecule has 0 saturated heterocycles. The number of halogens is 2. The van der Waals surface area contributed by atoms with Crippen molar-refractivity contribution in [3.63, 3.8) is 0 Å². The van der Waals surface area contributed by atoms with Crippen LogP contribution < -0.4 is 24.8 Å². The first-order chi connectivity index (χ1) is 13.7. The van der Waals surface area contributed by atoms with E-state index in [0.29, 0.717) is 0 Å². The molecule has 0 radical (unpaired) electrons. The topological polar surface area (TPSA) is 0 Å². The molecule has 2 aliphatic carbocycles. The second-order valence-electron chi connectivity index (χ2n) is 8.67.